The Morgan fingerprint density at radius 1 is 0.886 bits per heavy atom. The van der Waals surface area contributed by atoms with E-state index in [1.165, 1.54) is 0 Å². The number of benzene rings is 3. The van der Waals surface area contributed by atoms with Gasteiger partial charge in [-0.25, -0.2) is 0 Å². The van der Waals surface area contributed by atoms with Crippen molar-refractivity contribution in [2.24, 2.45) is 0 Å². The van der Waals surface area contributed by atoms with Crippen molar-refractivity contribution < 1.29 is 19.7 Å². The molecule has 0 bridgehead atoms. The van der Waals surface area contributed by atoms with Crippen molar-refractivity contribution in [2.45, 2.75) is 18.9 Å². The molecule has 1 fully saturated rings. The second-order valence-electron chi connectivity index (χ2n) is 8.67. The number of hydrogen-bond donors (Lipinski definition) is 2. The first-order chi connectivity index (χ1) is 16.6. The minimum Gasteiger partial charge on any atom is -0.508 e. The van der Waals surface area contributed by atoms with E-state index in [0.29, 0.717) is 30.7 Å². The number of rotatable bonds is 10. The molecule has 1 aliphatic heterocycles. The number of para-hydroxylation sites is 1. The Bertz CT molecular complexity index is 1050. The number of aromatic hydroxyl groups is 1. The Kier molecular flexibility index (Phi) is 9.97. The monoisotopic (exact) mass is 496 g/mol. The molecule has 7 heteroatoms. The van der Waals surface area contributed by atoms with Crippen molar-refractivity contribution in [3.8, 4) is 11.5 Å². The predicted molar refractivity (Wildman–Crippen MR) is 141 cm³/mol. The Balaban J connectivity index is 0.00000342. The van der Waals surface area contributed by atoms with Crippen molar-refractivity contribution in [2.75, 3.05) is 44.2 Å². The van der Waals surface area contributed by atoms with Gasteiger partial charge < -0.3 is 19.8 Å². The molecule has 1 unspecified atom stereocenters. The molecular weight excluding hydrogens is 464 g/mol. The van der Waals surface area contributed by atoms with Crippen LogP contribution in [0.2, 0.25) is 0 Å². The van der Waals surface area contributed by atoms with Crippen molar-refractivity contribution >= 4 is 23.9 Å². The van der Waals surface area contributed by atoms with E-state index in [1.807, 2.05) is 54.6 Å². The molecule has 35 heavy (non-hydrogen) atoms. The third kappa shape index (κ3) is 7.72. The van der Waals surface area contributed by atoms with E-state index < -0.39 is 6.10 Å². The largest absolute Gasteiger partial charge is 0.508 e. The van der Waals surface area contributed by atoms with E-state index in [4.69, 9.17) is 4.74 Å². The Labute approximate surface area is 213 Å². The van der Waals surface area contributed by atoms with Crippen molar-refractivity contribution in [1.82, 2.24) is 4.90 Å². The molecule has 1 aliphatic rings. The van der Waals surface area contributed by atoms with Gasteiger partial charge in [-0.1, -0.05) is 42.5 Å². The van der Waals surface area contributed by atoms with Crippen LogP contribution in [0, 0.1) is 0 Å². The van der Waals surface area contributed by atoms with Crippen LogP contribution in [0.25, 0.3) is 0 Å². The van der Waals surface area contributed by atoms with Crippen LogP contribution < -0.4 is 9.64 Å². The highest BCUT2D eigenvalue weighted by atomic mass is 35.5. The number of nitrogens with zero attached hydrogens (tertiary/aromatic N) is 2. The summed E-state index contributed by atoms with van der Waals surface area (Å²) in [6, 6.07) is 24.5. The molecule has 1 saturated heterocycles. The summed E-state index contributed by atoms with van der Waals surface area (Å²) in [7, 11) is 0. The third-order valence-electron chi connectivity index (χ3n) is 6.16. The number of hydrogen-bond acceptors (Lipinski definition) is 6. The van der Waals surface area contributed by atoms with Gasteiger partial charge in [0.1, 0.15) is 24.2 Å². The minimum absolute atomic E-state index is 0. The molecule has 0 radical (unpaired) electrons. The van der Waals surface area contributed by atoms with Gasteiger partial charge in [-0.3, -0.25) is 9.69 Å². The lowest BCUT2D eigenvalue weighted by molar-refractivity contribution is 0.0655. The summed E-state index contributed by atoms with van der Waals surface area (Å²) in [6.07, 6.45) is 0.457. The van der Waals surface area contributed by atoms with Crippen molar-refractivity contribution in [3.05, 3.63) is 90.0 Å². The van der Waals surface area contributed by atoms with Gasteiger partial charge in [0.2, 0.25) is 0 Å². The second-order valence-corrected chi connectivity index (χ2v) is 8.67. The lowest BCUT2D eigenvalue weighted by atomic mass is 10.0. The Morgan fingerprint density at radius 3 is 2.26 bits per heavy atom. The molecule has 0 aliphatic carbocycles. The van der Waals surface area contributed by atoms with Crippen LogP contribution in [0.3, 0.4) is 0 Å². The molecule has 0 aromatic heterocycles. The molecule has 186 valence electrons. The van der Waals surface area contributed by atoms with Gasteiger partial charge >= 0.3 is 0 Å². The SMILES string of the molecule is Cl.O=C(CCc1ccccc1)c1ccccc1OCC(O)CN1CCN(c2ccc(O)cc2)CC1. The maximum atomic E-state index is 12.8. The van der Waals surface area contributed by atoms with Crippen LogP contribution in [-0.4, -0.2) is 66.3 Å². The maximum Gasteiger partial charge on any atom is 0.166 e. The number of ether oxygens (including phenoxy) is 1. The standard InChI is InChI=1S/C28H32N2O4.ClH/c31-24-13-11-23(12-14-24)30-18-16-29(17-19-30)20-25(32)21-34-28-9-5-4-8-26(28)27(33)15-10-22-6-2-1-3-7-22;/h1-9,11-14,25,31-32H,10,15-21H2;1H. The van der Waals surface area contributed by atoms with Gasteiger partial charge in [0.15, 0.2) is 5.78 Å². The number of ketones is 1. The number of piperazine rings is 1. The molecule has 1 heterocycles. The van der Waals surface area contributed by atoms with Crippen LogP contribution in [0.15, 0.2) is 78.9 Å². The van der Waals surface area contributed by atoms with Crippen molar-refractivity contribution in [3.63, 3.8) is 0 Å². The number of carbonyl (C=O) groups excluding carboxylic acids is 1. The van der Waals surface area contributed by atoms with Gasteiger partial charge in [-0.05, 0) is 48.4 Å². The molecular formula is C28H33ClN2O4. The number of Topliss-reactive ketones (excluding diaryl/α,β-unsaturated/α-hetero) is 1. The first-order valence-electron chi connectivity index (χ1n) is 11.8. The average molecular weight is 497 g/mol. The van der Waals surface area contributed by atoms with E-state index in [-0.39, 0.29) is 30.5 Å². The Hall–Kier alpha value is -3.06. The van der Waals surface area contributed by atoms with Gasteiger partial charge in [-0.15, -0.1) is 12.4 Å². The highest BCUT2D eigenvalue weighted by Gasteiger charge is 2.20. The quantitative estimate of drug-likeness (QED) is 0.410. The van der Waals surface area contributed by atoms with Gasteiger partial charge in [0.05, 0.1) is 5.56 Å². The molecule has 6 nitrogen and oxygen atoms in total. The number of halogens is 1. The fourth-order valence-corrected chi connectivity index (χ4v) is 4.25. The number of β-amino-alcohol motifs (C(OH)–C–C–N with tert-alkyl or cyclic N) is 1. The summed E-state index contributed by atoms with van der Waals surface area (Å²) in [4.78, 5) is 17.3. The third-order valence-corrected chi connectivity index (χ3v) is 6.16. The number of carbonyl (C=O) groups is 1. The number of aryl methyl sites for hydroxylation is 1. The van der Waals surface area contributed by atoms with Crippen molar-refractivity contribution in [1.29, 1.82) is 0 Å². The fraction of sp³-hybridized carbons (Fsp3) is 0.321. The summed E-state index contributed by atoms with van der Waals surface area (Å²) >= 11 is 0. The Morgan fingerprint density at radius 2 is 1.54 bits per heavy atom. The lowest BCUT2D eigenvalue weighted by Gasteiger charge is -2.36. The number of phenols is 1. The molecule has 1 atom stereocenters. The van der Waals surface area contributed by atoms with E-state index in [2.05, 4.69) is 9.80 Å². The average Bonchev–Trinajstić information content (AvgIpc) is 2.88. The zero-order valence-corrected chi connectivity index (χ0v) is 20.6. The molecule has 0 amide bonds. The van der Waals surface area contributed by atoms with Crippen LogP contribution in [0.5, 0.6) is 11.5 Å². The first kappa shape index (κ1) is 26.5. The highest BCUT2D eigenvalue weighted by Crippen LogP contribution is 2.22. The number of anilines is 1. The fourth-order valence-electron chi connectivity index (χ4n) is 4.25. The number of aliphatic hydroxyl groups excluding tert-OH is 1. The molecule has 2 N–H and O–H groups in total. The van der Waals surface area contributed by atoms with Crippen LogP contribution in [-0.2, 0) is 6.42 Å². The summed E-state index contributed by atoms with van der Waals surface area (Å²) in [6.45, 7) is 4.06. The van der Waals surface area contributed by atoms with E-state index >= 15 is 0 Å². The number of phenolic OH excluding ortho intramolecular Hbond substituents is 1. The lowest BCUT2D eigenvalue weighted by Crippen LogP contribution is -2.49. The van der Waals surface area contributed by atoms with Gasteiger partial charge in [-0.2, -0.15) is 0 Å². The second kappa shape index (κ2) is 13.1. The zero-order valence-electron chi connectivity index (χ0n) is 19.8. The van der Waals surface area contributed by atoms with Gasteiger partial charge in [0.25, 0.3) is 0 Å². The van der Waals surface area contributed by atoms with E-state index in [0.717, 1.165) is 37.4 Å². The van der Waals surface area contributed by atoms with E-state index in [9.17, 15) is 15.0 Å². The molecule has 0 spiro atoms. The summed E-state index contributed by atoms with van der Waals surface area (Å²) < 4.78 is 5.88. The van der Waals surface area contributed by atoms with Gasteiger partial charge in [0, 0.05) is 44.8 Å². The summed E-state index contributed by atoms with van der Waals surface area (Å²) in [5, 5.41) is 20.0. The van der Waals surface area contributed by atoms with Crippen LogP contribution in [0.1, 0.15) is 22.3 Å². The molecule has 3 aromatic carbocycles. The van der Waals surface area contributed by atoms with Crippen LogP contribution >= 0.6 is 12.4 Å². The molecule has 3 aromatic rings. The highest BCUT2D eigenvalue weighted by molar-refractivity contribution is 5.98. The summed E-state index contributed by atoms with van der Waals surface area (Å²) in [5.74, 6) is 0.834. The predicted octanol–water partition coefficient (Wildman–Crippen LogP) is 4.19. The van der Waals surface area contributed by atoms with Crippen LogP contribution in [0.4, 0.5) is 5.69 Å². The summed E-state index contributed by atoms with van der Waals surface area (Å²) in [5.41, 5.74) is 2.79. The number of aliphatic hydroxyl groups is 1. The first-order valence-corrected chi connectivity index (χ1v) is 11.8. The zero-order chi connectivity index (χ0) is 23.8. The minimum atomic E-state index is -0.646. The topological polar surface area (TPSA) is 73.2 Å². The van der Waals surface area contributed by atoms with E-state index in [1.54, 1.807) is 24.3 Å². The normalized spacial score (nSPS) is 14.7. The molecule has 4 rings (SSSR count). The smallest absolute Gasteiger partial charge is 0.166 e. The molecule has 0 saturated carbocycles. The maximum absolute atomic E-state index is 12.8.